The van der Waals surface area contributed by atoms with Crippen LogP contribution in [0.4, 0.5) is 19.0 Å². The molecule has 0 saturated heterocycles. The average Bonchev–Trinajstić information content (AvgIpc) is 3.03. The van der Waals surface area contributed by atoms with Crippen LogP contribution in [0.2, 0.25) is 0 Å². The number of hydrogen-bond donors (Lipinski definition) is 3. The van der Waals surface area contributed by atoms with Crippen LogP contribution in [0.3, 0.4) is 0 Å². The van der Waals surface area contributed by atoms with Gasteiger partial charge in [-0.2, -0.15) is 13.2 Å². The Labute approximate surface area is 245 Å². The van der Waals surface area contributed by atoms with Crippen molar-refractivity contribution in [3.63, 3.8) is 0 Å². The van der Waals surface area contributed by atoms with Crippen LogP contribution in [0.5, 0.6) is 5.75 Å². The highest BCUT2D eigenvalue weighted by molar-refractivity contribution is 5.76. The summed E-state index contributed by atoms with van der Waals surface area (Å²) in [5, 5.41) is 23.0. The van der Waals surface area contributed by atoms with Crippen molar-refractivity contribution in [3.8, 4) is 17.0 Å². The van der Waals surface area contributed by atoms with Gasteiger partial charge < -0.3 is 30.4 Å². The quantitative estimate of drug-likeness (QED) is 0.224. The lowest BCUT2D eigenvalue weighted by atomic mass is 9.93. The van der Waals surface area contributed by atoms with Gasteiger partial charge in [0.05, 0.1) is 25.4 Å². The van der Waals surface area contributed by atoms with E-state index in [2.05, 4.69) is 39.8 Å². The summed E-state index contributed by atoms with van der Waals surface area (Å²) >= 11 is 0. The number of fused-ring (bicyclic) bond motifs is 3. The molecule has 1 amide bonds. The highest BCUT2D eigenvalue weighted by atomic mass is 19.4. The largest absolute Gasteiger partial charge is 0.507 e. The van der Waals surface area contributed by atoms with E-state index in [1.54, 1.807) is 14.0 Å². The molecule has 4 N–H and O–H groups in total. The van der Waals surface area contributed by atoms with Gasteiger partial charge in [-0.1, -0.05) is 33.1 Å². The average molecular weight is 601 g/mol. The number of methoxy groups -OCH3 is 1. The van der Waals surface area contributed by atoms with E-state index in [0.717, 1.165) is 55.4 Å². The standard InChI is InChI=1S/C25H34F3N3O3.C3H6O2.CH3NO/c1-4-6-7-9-18(5-2)29-24-20(15-33-3)19-10-8-11-34-14-16-12-17(25(26,27)28)13-21(32)22(16)23(19)30-31-24;1-2-5-3-4;2-1-3/h12-13,18,32H,4-11,14-15H2,1-3H3,(H,29,31);3H,2H2,1H3;1H,(H2,2,3). The van der Waals surface area contributed by atoms with Crippen molar-refractivity contribution in [2.75, 3.05) is 25.6 Å². The third-order valence-corrected chi connectivity index (χ3v) is 6.44. The summed E-state index contributed by atoms with van der Waals surface area (Å²) in [4.78, 5) is 17.8. The molecule has 0 fully saturated rings. The first-order valence-electron chi connectivity index (χ1n) is 14.0. The number of nitrogens with zero attached hydrogens (tertiary/aromatic N) is 2. The first kappa shape index (κ1) is 36.6. The lowest BCUT2D eigenvalue weighted by Gasteiger charge is -2.22. The molecule has 0 bridgehead atoms. The Morgan fingerprint density at radius 2 is 1.90 bits per heavy atom. The second-order valence-electron chi connectivity index (χ2n) is 9.40. The first-order chi connectivity index (χ1) is 20.1. The van der Waals surface area contributed by atoms with Gasteiger partial charge in [0, 0.05) is 30.9 Å². The number of nitrogens with two attached hydrogens (primary N) is 1. The molecule has 0 spiro atoms. The van der Waals surface area contributed by atoms with Crippen molar-refractivity contribution in [2.24, 2.45) is 5.73 Å². The van der Waals surface area contributed by atoms with Gasteiger partial charge in [0.1, 0.15) is 11.4 Å². The number of nitrogens with one attached hydrogen (secondary N) is 1. The van der Waals surface area contributed by atoms with E-state index in [-0.39, 0.29) is 36.8 Å². The number of amides is 1. The van der Waals surface area contributed by atoms with Crippen LogP contribution in [0, 0.1) is 0 Å². The zero-order chi connectivity index (χ0) is 31.5. The van der Waals surface area contributed by atoms with Crippen molar-refractivity contribution in [3.05, 3.63) is 34.4 Å². The number of carbonyl (C=O) groups is 2. The summed E-state index contributed by atoms with van der Waals surface area (Å²) in [7, 11) is 1.59. The van der Waals surface area contributed by atoms with Crippen molar-refractivity contribution >= 4 is 18.7 Å². The Morgan fingerprint density at radius 1 is 1.19 bits per heavy atom. The number of unbranched alkanes of at least 4 members (excludes halogenated alkanes) is 2. The van der Waals surface area contributed by atoms with E-state index >= 15 is 0 Å². The maximum absolute atomic E-state index is 13.4. The number of phenols is 1. The molecule has 1 atom stereocenters. The fourth-order valence-corrected chi connectivity index (χ4v) is 4.44. The maximum Gasteiger partial charge on any atom is 0.416 e. The van der Waals surface area contributed by atoms with E-state index in [4.69, 9.17) is 14.3 Å². The maximum atomic E-state index is 13.4. The molecule has 0 saturated carbocycles. The van der Waals surface area contributed by atoms with Crippen LogP contribution in [0.15, 0.2) is 12.1 Å². The summed E-state index contributed by atoms with van der Waals surface area (Å²) in [6.07, 6.45) is 2.25. The number of rotatable bonds is 11. The number of aromatic hydroxyl groups is 1. The number of aromatic nitrogens is 2. The van der Waals surface area contributed by atoms with Gasteiger partial charge in [-0.3, -0.25) is 9.59 Å². The minimum Gasteiger partial charge on any atom is -0.507 e. The Balaban J connectivity index is 0.000000978. The second kappa shape index (κ2) is 19.6. The van der Waals surface area contributed by atoms with Crippen molar-refractivity contribution in [1.29, 1.82) is 0 Å². The molecular weight excluding hydrogens is 557 g/mol. The van der Waals surface area contributed by atoms with Crippen LogP contribution in [-0.2, 0) is 49.6 Å². The number of alkyl halides is 3. The fraction of sp³-hybridized carbons (Fsp3) is 0.586. The van der Waals surface area contributed by atoms with E-state index in [9.17, 15) is 23.1 Å². The van der Waals surface area contributed by atoms with Crippen molar-refractivity contribution in [2.45, 2.75) is 91.1 Å². The third kappa shape index (κ3) is 11.4. The van der Waals surface area contributed by atoms with Gasteiger partial charge in [-0.25, -0.2) is 0 Å². The summed E-state index contributed by atoms with van der Waals surface area (Å²) in [6.45, 7) is 7.55. The molecule has 1 aliphatic heterocycles. The Hall–Kier alpha value is -3.45. The van der Waals surface area contributed by atoms with Gasteiger partial charge in [-0.05, 0) is 55.9 Å². The molecule has 3 rings (SSSR count). The van der Waals surface area contributed by atoms with Crippen LogP contribution in [0.25, 0.3) is 11.3 Å². The number of ether oxygens (including phenoxy) is 3. The fourth-order valence-electron chi connectivity index (χ4n) is 4.44. The molecule has 10 nitrogen and oxygen atoms in total. The molecule has 1 aromatic heterocycles. The number of primary amides is 1. The minimum atomic E-state index is -4.58. The predicted octanol–water partition coefficient (Wildman–Crippen LogP) is 5.53. The highest BCUT2D eigenvalue weighted by Crippen LogP contribution is 2.42. The summed E-state index contributed by atoms with van der Waals surface area (Å²) in [5.41, 5.74) is 5.71. The molecule has 42 heavy (non-hydrogen) atoms. The number of halogens is 3. The smallest absolute Gasteiger partial charge is 0.416 e. The highest BCUT2D eigenvalue weighted by Gasteiger charge is 2.33. The number of phenolic OH excluding ortho intramolecular Hbond substituents is 1. The summed E-state index contributed by atoms with van der Waals surface area (Å²) in [5.74, 6) is 0.137. The van der Waals surface area contributed by atoms with E-state index in [1.807, 2.05) is 0 Å². The van der Waals surface area contributed by atoms with Crippen LogP contribution in [0.1, 0.15) is 81.5 Å². The molecule has 0 radical (unpaired) electrons. The lowest BCUT2D eigenvalue weighted by Crippen LogP contribution is -2.22. The van der Waals surface area contributed by atoms with E-state index in [1.165, 1.54) is 0 Å². The SMILES string of the molecule is CCCCCC(CC)Nc1nnc2c(c1COC)CCCOCc1cc(C(F)(F)F)cc(O)c1-2.CCOC=O.NC=O. The molecule has 1 unspecified atom stereocenters. The second-order valence-corrected chi connectivity index (χ2v) is 9.40. The van der Waals surface area contributed by atoms with Crippen molar-refractivity contribution in [1.82, 2.24) is 10.2 Å². The summed E-state index contributed by atoms with van der Waals surface area (Å²) in [6, 6.07) is 1.99. The lowest BCUT2D eigenvalue weighted by molar-refractivity contribution is -0.137. The molecule has 236 valence electrons. The molecule has 1 aliphatic rings. The normalized spacial score (nSPS) is 13.2. The third-order valence-electron chi connectivity index (χ3n) is 6.44. The van der Waals surface area contributed by atoms with Crippen LogP contribution in [-0.4, -0.2) is 54.6 Å². The van der Waals surface area contributed by atoms with Crippen LogP contribution < -0.4 is 11.1 Å². The molecule has 2 aromatic rings. The molecule has 2 heterocycles. The molecule has 1 aromatic carbocycles. The number of carbonyl (C=O) groups excluding carboxylic acids is 2. The monoisotopic (exact) mass is 600 g/mol. The first-order valence-corrected chi connectivity index (χ1v) is 14.0. The van der Waals surface area contributed by atoms with Gasteiger partial charge in [0.15, 0.2) is 5.82 Å². The van der Waals surface area contributed by atoms with Gasteiger partial charge >= 0.3 is 6.18 Å². The molecule has 13 heteroatoms. The Kier molecular flexibility index (Phi) is 17.1. The zero-order valence-electron chi connectivity index (χ0n) is 24.8. The summed E-state index contributed by atoms with van der Waals surface area (Å²) < 4.78 is 55.4. The zero-order valence-corrected chi connectivity index (χ0v) is 24.8. The van der Waals surface area contributed by atoms with Crippen molar-refractivity contribution < 1.29 is 42.1 Å². The minimum absolute atomic E-state index is 0.0527. The number of anilines is 1. The van der Waals surface area contributed by atoms with Gasteiger partial charge in [0.25, 0.3) is 6.47 Å². The molecular formula is C29H43F3N4O6. The predicted molar refractivity (Wildman–Crippen MR) is 153 cm³/mol. The Bertz CT molecular complexity index is 1100. The molecule has 0 aliphatic carbocycles. The van der Waals surface area contributed by atoms with Gasteiger partial charge in [-0.15, -0.1) is 10.2 Å². The number of benzene rings is 1. The Morgan fingerprint density at radius 3 is 2.45 bits per heavy atom. The van der Waals surface area contributed by atoms with E-state index in [0.29, 0.717) is 44.0 Å². The number of hydrogen-bond acceptors (Lipinski definition) is 9. The van der Waals surface area contributed by atoms with E-state index < -0.39 is 17.5 Å². The topological polar surface area (TPSA) is 146 Å². The van der Waals surface area contributed by atoms with Crippen LogP contribution >= 0.6 is 0 Å². The van der Waals surface area contributed by atoms with Gasteiger partial charge in [0.2, 0.25) is 6.41 Å².